The molecular formula is C18H22O8. The van der Waals surface area contributed by atoms with E-state index in [1.807, 2.05) is 0 Å². The molecule has 8 nitrogen and oxygen atoms in total. The Kier molecular flexibility index (Phi) is 10.3. The van der Waals surface area contributed by atoms with Gasteiger partial charge in [-0.3, -0.25) is 14.4 Å². The summed E-state index contributed by atoms with van der Waals surface area (Å²) in [5.41, 5.74) is 0.258. The molecule has 1 rings (SSSR count). The summed E-state index contributed by atoms with van der Waals surface area (Å²) in [4.78, 5) is 44.9. The van der Waals surface area contributed by atoms with Crippen LogP contribution in [0, 0.1) is 0 Å². The molecule has 0 spiro atoms. The SMILES string of the molecule is O=C(O)CCCCC(=O)OCCOCCOC(=O)C(=O)c1ccccc1. The largest absolute Gasteiger partial charge is 0.481 e. The number of esters is 2. The highest BCUT2D eigenvalue weighted by Crippen LogP contribution is 2.02. The van der Waals surface area contributed by atoms with E-state index >= 15 is 0 Å². The molecule has 1 aromatic carbocycles. The van der Waals surface area contributed by atoms with Gasteiger partial charge in [-0.2, -0.15) is 0 Å². The molecule has 0 aliphatic rings. The number of carboxylic acid groups (broad SMARTS) is 1. The van der Waals surface area contributed by atoms with Crippen LogP contribution in [0.5, 0.6) is 0 Å². The van der Waals surface area contributed by atoms with E-state index in [0.29, 0.717) is 12.8 Å². The van der Waals surface area contributed by atoms with Crippen LogP contribution in [0.4, 0.5) is 0 Å². The van der Waals surface area contributed by atoms with Crippen molar-refractivity contribution in [2.75, 3.05) is 26.4 Å². The van der Waals surface area contributed by atoms with Gasteiger partial charge in [0.15, 0.2) is 0 Å². The lowest BCUT2D eigenvalue weighted by Crippen LogP contribution is -2.20. The first-order valence-corrected chi connectivity index (χ1v) is 8.22. The monoisotopic (exact) mass is 366 g/mol. The normalized spacial score (nSPS) is 10.2. The molecule has 0 radical (unpaired) electrons. The van der Waals surface area contributed by atoms with E-state index in [4.69, 9.17) is 19.3 Å². The summed E-state index contributed by atoms with van der Waals surface area (Å²) < 4.78 is 14.8. The lowest BCUT2D eigenvalue weighted by molar-refractivity contribution is -0.146. The van der Waals surface area contributed by atoms with Gasteiger partial charge >= 0.3 is 17.9 Å². The number of unbranched alkanes of at least 4 members (excludes halogenated alkanes) is 1. The quantitative estimate of drug-likeness (QED) is 0.242. The van der Waals surface area contributed by atoms with Crippen molar-refractivity contribution >= 4 is 23.7 Å². The van der Waals surface area contributed by atoms with E-state index in [9.17, 15) is 19.2 Å². The van der Waals surface area contributed by atoms with E-state index in [0.717, 1.165) is 0 Å². The average molecular weight is 366 g/mol. The Hall–Kier alpha value is -2.74. The minimum Gasteiger partial charge on any atom is -0.481 e. The number of carboxylic acids is 1. The molecule has 0 heterocycles. The minimum absolute atomic E-state index is 0.0296. The van der Waals surface area contributed by atoms with Crippen LogP contribution in [0.15, 0.2) is 30.3 Å². The Morgan fingerprint density at radius 2 is 1.42 bits per heavy atom. The zero-order valence-electron chi connectivity index (χ0n) is 14.3. The lowest BCUT2D eigenvalue weighted by atomic mass is 10.1. The van der Waals surface area contributed by atoms with Crippen LogP contribution in [-0.4, -0.2) is 55.2 Å². The third-order valence-electron chi connectivity index (χ3n) is 3.19. The Bertz CT molecular complexity index is 596. The molecule has 0 fully saturated rings. The Labute approximate surface area is 151 Å². The molecule has 0 aromatic heterocycles. The summed E-state index contributed by atoms with van der Waals surface area (Å²) in [6.45, 7) is 0.171. The van der Waals surface area contributed by atoms with E-state index in [-0.39, 0.29) is 44.8 Å². The van der Waals surface area contributed by atoms with Crippen molar-refractivity contribution in [3.05, 3.63) is 35.9 Å². The van der Waals surface area contributed by atoms with Gasteiger partial charge in [-0.15, -0.1) is 0 Å². The number of ketones is 1. The second-order valence-electron chi connectivity index (χ2n) is 5.26. The summed E-state index contributed by atoms with van der Waals surface area (Å²) in [5.74, 6) is -2.98. The molecule has 0 aliphatic carbocycles. The van der Waals surface area contributed by atoms with Crippen LogP contribution in [0.25, 0.3) is 0 Å². The van der Waals surface area contributed by atoms with Crippen LogP contribution < -0.4 is 0 Å². The molecule has 8 heteroatoms. The van der Waals surface area contributed by atoms with Crippen molar-refractivity contribution in [3.63, 3.8) is 0 Å². The molecule has 0 saturated heterocycles. The number of rotatable bonds is 13. The van der Waals surface area contributed by atoms with Gasteiger partial charge in [0.2, 0.25) is 0 Å². The molecule has 1 aromatic rings. The lowest BCUT2D eigenvalue weighted by Gasteiger charge is -2.07. The molecule has 0 unspecified atom stereocenters. The van der Waals surface area contributed by atoms with Gasteiger partial charge in [0.1, 0.15) is 13.2 Å². The average Bonchev–Trinajstić information content (AvgIpc) is 2.64. The summed E-state index contributed by atoms with van der Waals surface area (Å²) in [7, 11) is 0. The van der Waals surface area contributed by atoms with Crippen molar-refractivity contribution in [3.8, 4) is 0 Å². The number of aliphatic carboxylic acids is 1. The highest BCUT2D eigenvalue weighted by molar-refractivity contribution is 6.40. The molecule has 0 aliphatic heterocycles. The summed E-state index contributed by atoms with van der Waals surface area (Å²) >= 11 is 0. The molecule has 0 atom stereocenters. The first-order valence-electron chi connectivity index (χ1n) is 8.22. The molecule has 26 heavy (non-hydrogen) atoms. The summed E-state index contributed by atoms with van der Waals surface area (Å²) in [5, 5.41) is 8.46. The number of hydrogen-bond acceptors (Lipinski definition) is 7. The number of carbonyl (C=O) groups is 4. The number of carbonyl (C=O) groups excluding carboxylic acids is 3. The minimum atomic E-state index is -0.951. The van der Waals surface area contributed by atoms with Crippen molar-refractivity contribution in [1.29, 1.82) is 0 Å². The topological polar surface area (TPSA) is 116 Å². The number of ether oxygens (including phenoxy) is 3. The van der Waals surface area contributed by atoms with Gasteiger partial charge < -0.3 is 19.3 Å². The van der Waals surface area contributed by atoms with E-state index in [1.54, 1.807) is 18.2 Å². The molecular weight excluding hydrogens is 344 g/mol. The maximum atomic E-state index is 11.7. The molecule has 0 amide bonds. The third-order valence-corrected chi connectivity index (χ3v) is 3.19. The first-order chi connectivity index (χ1) is 12.5. The van der Waals surface area contributed by atoms with E-state index in [1.165, 1.54) is 12.1 Å². The fourth-order valence-electron chi connectivity index (χ4n) is 1.90. The number of Topliss-reactive ketones (excluding diaryl/α,β-unsaturated/α-hetero) is 1. The molecule has 142 valence electrons. The highest BCUT2D eigenvalue weighted by Gasteiger charge is 2.17. The van der Waals surface area contributed by atoms with E-state index < -0.39 is 23.7 Å². The first kappa shape index (κ1) is 21.3. The Morgan fingerprint density at radius 1 is 0.808 bits per heavy atom. The van der Waals surface area contributed by atoms with Crippen LogP contribution >= 0.6 is 0 Å². The van der Waals surface area contributed by atoms with Crippen molar-refractivity contribution in [2.24, 2.45) is 0 Å². The van der Waals surface area contributed by atoms with Crippen molar-refractivity contribution in [1.82, 2.24) is 0 Å². The fourth-order valence-corrected chi connectivity index (χ4v) is 1.90. The van der Waals surface area contributed by atoms with Crippen molar-refractivity contribution in [2.45, 2.75) is 25.7 Å². The number of hydrogen-bond donors (Lipinski definition) is 1. The van der Waals surface area contributed by atoms with Gasteiger partial charge in [-0.1, -0.05) is 30.3 Å². The second kappa shape index (κ2) is 12.6. The molecule has 0 saturated carbocycles. The van der Waals surface area contributed by atoms with Crippen LogP contribution in [0.3, 0.4) is 0 Å². The van der Waals surface area contributed by atoms with Gasteiger partial charge in [0.25, 0.3) is 5.78 Å². The van der Waals surface area contributed by atoms with Crippen LogP contribution in [0.2, 0.25) is 0 Å². The summed E-state index contributed by atoms with van der Waals surface area (Å²) in [6, 6.07) is 8.08. The third kappa shape index (κ3) is 9.53. The van der Waals surface area contributed by atoms with Crippen LogP contribution in [-0.2, 0) is 28.6 Å². The standard InChI is InChI=1S/C18H22O8/c19-15(20)8-4-5-9-16(21)25-12-10-24-11-13-26-18(23)17(22)14-6-2-1-3-7-14/h1-3,6-7H,4-5,8-13H2,(H,19,20). The zero-order chi connectivity index (χ0) is 19.2. The predicted octanol–water partition coefficient (Wildman–Crippen LogP) is 1.62. The molecule has 1 N–H and O–H groups in total. The highest BCUT2D eigenvalue weighted by atomic mass is 16.6. The van der Waals surface area contributed by atoms with Gasteiger partial charge in [0, 0.05) is 18.4 Å². The molecule has 0 bridgehead atoms. The predicted molar refractivity (Wildman–Crippen MR) is 89.6 cm³/mol. The zero-order valence-corrected chi connectivity index (χ0v) is 14.3. The maximum absolute atomic E-state index is 11.7. The fraction of sp³-hybridized carbons (Fsp3) is 0.444. The maximum Gasteiger partial charge on any atom is 0.379 e. The van der Waals surface area contributed by atoms with Gasteiger partial charge in [-0.05, 0) is 12.8 Å². The smallest absolute Gasteiger partial charge is 0.379 e. The van der Waals surface area contributed by atoms with E-state index in [2.05, 4.69) is 0 Å². The Morgan fingerprint density at radius 3 is 2.08 bits per heavy atom. The van der Waals surface area contributed by atoms with Gasteiger partial charge in [-0.25, -0.2) is 4.79 Å². The van der Waals surface area contributed by atoms with Crippen LogP contribution in [0.1, 0.15) is 36.0 Å². The van der Waals surface area contributed by atoms with Gasteiger partial charge in [0.05, 0.1) is 13.2 Å². The Balaban J connectivity index is 2.00. The summed E-state index contributed by atoms with van der Waals surface area (Å²) in [6.07, 6.45) is 1.07. The number of benzene rings is 1. The second-order valence-corrected chi connectivity index (χ2v) is 5.26. The van der Waals surface area contributed by atoms with Crippen molar-refractivity contribution < 1.29 is 38.5 Å².